The summed E-state index contributed by atoms with van der Waals surface area (Å²) in [6.07, 6.45) is 0.0623. The van der Waals surface area contributed by atoms with Crippen LogP contribution in [-0.2, 0) is 4.79 Å². The molecule has 0 heterocycles. The quantitative estimate of drug-likeness (QED) is 0.550. The van der Waals surface area contributed by atoms with E-state index in [9.17, 15) is 9.59 Å². The molecule has 0 aliphatic rings. The molecule has 2 aromatic carbocycles. The van der Waals surface area contributed by atoms with Crippen molar-refractivity contribution in [2.75, 3.05) is 19.5 Å². The molecule has 0 radical (unpaired) electrons. The Morgan fingerprint density at radius 2 is 1.66 bits per heavy atom. The summed E-state index contributed by atoms with van der Waals surface area (Å²) in [6, 6.07) is 8.91. The lowest BCUT2D eigenvalue weighted by Gasteiger charge is -2.13. The van der Waals surface area contributed by atoms with E-state index in [0.717, 1.165) is 22.4 Å². The van der Waals surface area contributed by atoms with Crippen LogP contribution in [0.2, 0.25) is 0 Å². The minimum atomic E-state index is -0.436. The minimum Gasteiger partial charge on any atom is -0.497 e. The Balaban J connectivity index is 2.01. The molecule has 0 atom stereocenters. The number of aryl methyl sites for hydroxylation is 3. The molecule has 7 heteroatoms. The zero-order valence-corrected chi connectivity index (χ0v) is 17.7. The van der Waals surface area contributed by atoms with Gasteiger partial charge in [-0.2, -0.15) is 5.10 Å². The smallest absolute Gasteiger partial charge is 0.275 e. The fraction of sp³-hybridized carbons (Fsp3) is 0.318. The van der Waals surface area contributed by atoms with Gasteiger partial charge in [0.25, 0.3) is 5.91 Å². The number of amides is 2. The van der Waals surface area contributed by atoms with Crippen LogP contribution in [0.5, 0.6) is 11.5 Å². The number of carbonyl (C=O) groups is 2. The van der Waals surface area contributed by atoms with Crippen LogP contribution < -0.4 is 20.2 Å². The number of carbonyl (C=O) groups excluding carboxylic acids is 2. The summed E-state index contributed by atoms with van der Waals surface area (Å²) in [4.78, 5) is 24.7. The molecule has 0 bridgehead atoms. The van der Waals surface area contributed by atoms with E-state index in [2.05, 4.69) is 15.8 Å². The van der Waals surface area contributed by atoms with Gasteiger partial charge < -0.3 is 14.8 Å². The minimum absolute atomic E-state index is 0.0623. The van der Waals surface area contributed by atoms with Crippen molar-refractivity contribution >= 4 is 23.2 Å². The standard InChI is InChI=1S/C22H27N3O4/c1-13-9-14(2)21(15(3)10-13)23-20(26)11-16(4)24-25-22(27)18-8-7-17(28-5)12-19(18)29-6/h7-10,12H,11H2,1-6H3,(H,23,26)(H,25,27). The number of hydrogen-bond acceptors (Lipinski definition) is 5. The van der Waals surface area contributed by atoms with Crippen molar-refractivity contribution in [1.82, 2.24) is 5.43 Å². The van der Waals surface area contributed by atoms with Crippen LogP contribution in [0.1, 0.15) is 40.4 Å². The number of ether oxygens (including phenoxy) is 2. The third-order valence-electron chi connectivity index (χ3n) is 4.36. The maximum absolute atomic E-state index is 12.4. The highest BCUT2D eigenvalue weighted by molar-refractivity contribution is 6.06. The van der Waals surface area contributed by atoms with Gasteiger partial charge in [0.05, 0.1) is 26.2 Å². The third-order valence-corrected chi connectivity index (χ3v) is 4.36. The fourth-order valence-corrected chi connectivity index (χ4v) is 3.03. The number of anilines is 1. The molecular weight excluding hydrogens is 370 g/mol. The molecule has 0 aliphatic carbocycles. The monoisotopic (exact) mass is 397 g/mol. The molecule has 0 fully saturated rings. The number of nitrogens with zero attached hydrogens (tertiary/aromatic N) is 1. The number of rotatable bonds is 7. The largest absolute Gasteiger partial charge is 0.497 e. The van der Waals surface area contributed by atoms with Gasteiger partial charge in [0.1, 0.15) is 11.5 Å². The Hall–Kier alpha value is -3.35. The van der Waals surface area contributed by atoms with Crippen LogP contribution in [0.3, 0.4) is 0 Å². The van der Waals surface area contributed by atoms with Gasteiger partial charge in [-0.1, -0.05) is 17.7 Å². The van der Waals surface area contributed by atoms with Crippen molar-refractivity contribution in [1.29, 1.82) is 0 Å². The van der Waals surface area contributed by atoms with Crippen molar-refractivity contribution < 1.29 is 19.1 Å². The van der Waals surface area contributed by atoms with Gasteiger partial charge in [-0.05, 0) is 51.0 Å². The lowest BCUT2D eigenvalue weighted by atomic mass is 10.0. The van der Waals surface area contributed by atoms with E-state index in [1.54, 1.807) is 25.1 Å². The summed E-state index contributed by atoms with van der Waals surface area (Å²) in [7, 11) is 3.01. The Kier molecular flexibility index (Phi) is 7.36. The van der Waals surface area contributed by atoms with Crippen LogP contribution in [-0.4, -0.2) is 31.7 Å². The maximum Gasteiger partial charge on any atom is 0.275 e. The molecule has 2 rings (SSSR count). The maximum atomic E-state index is 12.4. The summed E-state index contributed by atoms with van der Waals surface area (Å²) < 4.78 is 10.3. The van der Waals surface area contributed by atoms with Gasteiger partial charge in [0.2, 0.25) is 5.91 Å². The zero-order chi connectivity index (χ0) is 21.6. The normalized spacial score (nSPS) is 11.0. The Labute approximate surface area is 171 Å². The van der Waals surface area contributed by atoms with E-state index in [1.807, 2.05) is 32.9 Å². The fourth-order valence-electron chi connectivity index (χ4n) is 3.03. The Morgan fingerprint density at radius 3 is 2.24 bits per heavy atom. The van der Waals surface area contributed by atoms with Crippen molar-refractivity contribution in [2.45, 2.75) is 34.1 Å². The summed E-state index contributed by atoms with van der Waals surface area (Å²) in [5.74, 6) is 0.321. The molecule has 0 saturated carbocycles. The number of hydrazone groups is 1. The molecular formula is C22H27N3O4. The van der Waals surface area contributed by atoms with Gasteiger partial charge in [-0.3, -0.25) is 9.59 Å². The predicted molar refractivity (Wildman–Crippen MR) is 114 cm³/mol. The summed E-state index contributed by atoms with van der Waals surface area (Å²) in [5.41, 5.74) is 7.22. The van der Waals surface area contributed by atoms with E-state index in [4.69, 9.17) is 9.47 Å². The Bertz CT molecular complexity index is 928. The number of hydrogen-bond donors (Lipinski definition) is 2. The summed E-state index contributed by atoms with van der Waals surface area (Å²) in [6.45, 7) is 7.61. The molecule has 0 unspecified atom stereocenters. The van der Waals surface area contributed by atoms with E-state index < -0.39 is 5.91 Å². The molecule has 154 valence electrons. The molecule has 29 heavy (non-hydrogen) atoms. The van der Waals surface area contributed by atoms with Gasteiger partial charge in [-0.15, -0.1) is 0 Å². The second-order valence-corrected chi connectivity index (χ2v) is 6.85. The molecule has 2 N–H and O–H groups in total. The first-order valence-electron chi connectivity index (χ1n) is 9.18. The highest BCUT2D eigenvalue weighted by atomic mass is 16.5. The first-order chi connectivity index (χ1) is 13.7. The highest BCUT2D eigenvalue weighted by Gasteiger charge is 2.14. The van der Waals surface area contributed by atoms with Crippen LogP contribution in [0.15, 0.2) is 35.4 Å². The number of benzene rings is 2. The Morgan fingerprint density at radius 1 is 1.00 bits per heavy atom. The first kappa shape index (κ1) is 21.9. The van der Waals surface area contributed by atoms with Crippen molar-refractivity contribution in [3.8, 4) is 11.5 Å². The predicted octanol–water partition coefficient (Wildman–Crippen LogP) is 3.76. The number of methoxy groups -OCH3 is 2. The van der Waals surface area contributed by atoms with Crippen LogP contribution in [0.4, 0.5) is 5.69 Å². The molecule has 0 spiro atoms. The van der Waals surface area contributed by atoms with Crippen LogP contribution >= 0.6 is 0 Å². The zero-order valence-electron chi connectivity index (χ0n) is 17.7. The lowest BCUT2D eigenvalue weighted by molar-refractivity contribution is -0.115. The van der Waals surface area contributed by atoms with Crippen LogP contribution in [0, 0.1) is 20.8 Å². The van der Waals surface area contributed by atoms with E-state index in [0.29, 0.717) is 22.8 Å². The van der Waals surface area contributed by atoms with E-state index >= 15 is 0 Å². The van der Waals surface area contributed by atoms with Crippen molar-refractivity contribution in [2.24, 2.45) is 5.10 Å². The average molecular weight is 397 g/mol. The SMILES string of the molecule is COc1ccc(C(=O)NN=C(C)CC(=O)Nc2c(C)cc(C)cc2C)c(OC)c1. The van der Waals surface area contributed by atoms with Crippen molar-refractivity contribution in [3.05, 3.63) is 52.6 Å². The molecule has 7 nitrogen and oxygen atoms in total. The molecule has 0 aliphatic heterocycles. The van der Waals surface area contributed by atoms with Crippen LogP contribution in [0.25, 0.3) is 0 Å². The molecule has 0 saturated heterocycles. The van der Waals surface area contributed by atoms with Gasteiger partial charge in [0.15, 0.2) is 0 Å². The van der Waals surface area contributed by atoms with Crippen molar-refractivity contribution in [3.63, 3.8) is 0 Å². The van der Waals surface area contributed by atoms with E-state index in [-0.39, 0.29) is 12.3 Å². The summed E-state index contributed by atoms with van der Waals surface area (Å²) >= 11 is 0. The highest BCUT2D eigenvalue weighted by Crippen LogP contribution is 2.24. The topological polar surface area (TPSA) is 89.0 Å². The molecule has 0 aromatic heterocycles. The lowest BCUT2D eigenvalue weighted by Crippen LogP contribution is -2.22. The van der Waals surface area contributed by atoms with Gasteiger partial charge in [-0.25, -0.2) is 5.43 Å². The first-order valence-corrected chi connectivity index (χ1v) is 9.18. The average Bonchev–Trinajstić information content (AvgIpc) is 2.68. The second kappa shape index (κ2) is 9.73. The van der Waals surface area contributed by atoms with E-state index in [1.165, 1.54) is 14.2 Å². The molecule has 2 aromatic rings. The summed E-state index contributed by atoms with van der Waals surface area (Å²) in [5, 5.41) is 6.95. The van der Waals surface area contributed by atoms with Gasteiger partial charge in [0, 0.05) is 17.5 Å². The number of nitrogens with one attached hydrogen (secondary N) is 2. The third kappa shape index (κ3) is 5.81. The molecule has 2 amide bonds. The van der Waals surface area contributed by atoms with Gasteiger partial charge >= 0.3 is 0 Å². The second-order valence-electron chi connectivity index (χ2n) is 6.85.